The number of alkyl halides is 3. The quantitative estimate of drug-likeness (QED) is 0.681. The summed E-state index contributed by atoms with van der Waals surface area (Å²) >= 11 is 0. The molecule has 2 radical (unpaired) electrons. The first kappa shape index (κ1) is 23.1. The average Bonchev–Trinajstić information content (AvgIpc) is 2.73. The third-order valence-electron chi connectivity index (χ3n) is 5.33. The van der Waals surface area contributed by atoms with Crippen LogP contribution in [-0.2, 0) is 10.9 Å². The number of hydrogen-bond donors (Lipinski definition) is 2. The summed E-state index contributed by atoms with van der Waals surface area (Å²) in [5.74, 6) is 0.552. The predicted octanol–water partition coefficient (Wildman–Crippen LogP) is 3.92. The van der Waals surface area contributed by atoms with E-state index in [4.69, 9.17) is 12.6 Å². The fraction of sp³-hybridized carbons (Fsp3) is 0.455. The molecule has 1 fully saturated rings. The Balaban J connectivity index is 1.76. The van der Waals surface area contributed by atoms with E-state index in [1.165, 1.54) is 18.3 Å². The molecule has 1 aromatic carbocycles. The average molecular weight is 431 g/mol. The fourth-order valence-electron chi connectivity index (χ4n) is 3.52. The molecular formula is C22H25BF3N3O2. The van der Waals surface area contributed by atoms with E-state index in [2.05, 4.69) is 15.6 Å². The van der Waals surface area contributed by atoms with Gasteiger partial charge in [-0.25, -0.2) is 4.98 Å². The number of nitrogens with one attached hydrogen (secondary N) is 2. The third-order valence-corrected chi connectivity index (χ3v) is 5.33. The molecule has 2 heterocycles. The number of anilines is 2. The van der Waals surface area contributed by atoms with Gasteiger partial charge in [0.1, 0.15) is 13.7 Å². The summed E-state index contributed by atoms with van der Waals surface area (Å²) in [6, 6.07) is 5.29. The van der Waals surface area contributed by atoms with Crippen molar-refractivity contribution in [1.29, 1.82) is 0 Å². The highest BCUT2D eigenvalue weighted by Crippen LogP contribution is 2.30. The van der Waals surface area contributed by atoms with E-state index in [0.717, 1.165) is 24.5 Å². The summed E-state index contributed by atoms with van der Waals surface area (Å²) < 4.78 is 44.7. The van der Waals surface area contributed by atoms with Gasteiger partial charge in [-0.15, -0.1) is 0 Å². The fourth-order valence-corrected chi connectivity index (χ4v) is 3.52. The topological polar surface area (TPSA) is 63.2 Å². The lowest BCUT2D eigenvalue weighted by Gasteiger charge is -2.22. The molecule has 0 atom stereocenters. The molecule has 2 N–H and O–H groups in total. The number of hydrogen-bond acceptors (Lipinski definition) is 4. The maximum Gasteiger partial charge on any atom is 0.415 e. The Hall–Kier alpha value is -2.55. The molecule has 2 aromatic rings. The Bertz CT molecular complexity index is 929. The first-order valence-electron chi connectivity index (χ1n) is 10.2. The molecule has 1 saturated heterocycles. The highest BCUT2D eigenvalue weighted by atomic mass is 19.4. The minimum absolute atomic E-state index is 0.0181. The summed E-state index contributed by atoms with van der Waals surface area (Å²) in [5, 5.41) is 5.85. The van der Waals surface area contributed by atoms with Crippen LogP contribution in [0.2, 0.25) is 0 Å². The Labute approximate surface area is 181 Å². The summed E-state index contributed by atoms with van der Waals surface area (Å²) in [6.45, 7) is 5.88. The zero-order valence-corrected chi connectivity index (χ0v) is 17.6. The number of carbonyl (C=O) groups excluding carboxylic acids is 1. The van der Waals surface area contributed by atoms with E-state index >= 15 is 0 Å². The molecule has 0 unspecified atom stereocenters. The van der Waals surface area contributed by atoms with Gasteiger partial charge in [-0.3, -0.25) is 4.79 Å². The number of rotatable bonds is 6. The second-order valence-corrected chi connectivity index (χ2v) is 8.00. The lowest BCUT2D eigenvalue weighted by Crippen LogP contribution is -2.32. The van der Waals surface area contributed by atoms with E-state index in [9.17, 15) is 18.0 Å². The first-order chi connectivity index (χ1) is 14.6. The van der Waals surface area contributed by atoms with E-state index in [1.807, 2.05) is 13.8 Å². The Kier molecular flexibility index (Phi) is 7.25. The van der Waals surface area contributed by atoms with Gasteiger partial charge in [-0.1, -0.05) is 25.4 Å². The number of aromatic nitrogens is 1. The van der Waals surface area contributed by atoms with Crippen molar-refractivity contribution in [1.82, 2.24) is 10.3 Å². The molecule has 0 saturated carbocycles. The van der Waals surface area contributed by atoms with Crippen molar-refractivity contribution in [2.75, 3.05) is 25.1 Å². The van der Waals surface area contributed by atoms with Gasteiger partial charge in [-0.05, 0) is 48.4 Å². The summed E-state index contributed by atoms with van der Waals surface area (Å²) in [5.41, 5.74) is 0.172. The molecule has 5 nitrogen and oxygen atoms in total. The molecule has 1 aliphatic rings. The summed E-state index contributed by atoms with van der Waals surface area (Å²) in [6.07, 6.45) is -1.26. The van der Waals surface area contributed by atoms with Crippen molar-refractivity contribution in [3.8, 4) is 0 Å². The molecule has 1 aromatic heterocycles. The molecule has 31 heavy (non-hydrogen) atoms. The molecule has 1 aliphatic heterocycles. The molecule has 1 amide bonds. The van der Waals surface area contributed by atoms with Gasteiger partial charge < -0.3 is 15.4 Å². The number of amides is 1. The van der Waals surface area contributed by atoms with Gasteiger partial charge in [0.25, 0.3) is 5.91 Å². The minimum Gasteiger partial charge on any atom is -0.381 e. The number of ether oxygens (including phenoxy) is 1. The number of halogens is 3. The van der Waals surface area contributed by atoms with Gasteiger partial charge in [0, 0.05) is 31.6 Å². The zero-order valence-electron chi connectivity index (χ0n) is 17.6. The smallest absolute Gasteiger partial charge is 0.381 e. The van der Waals surface area contributed by atoms with E-state index in [1.54, 1.807) is 6.07 Å². The van der Waals surface area contributed by atoms with Crippen molar-refractivity contribution in [3.05, 3.63) is 47.2 Å². The lowest BCUT2D eigenvalue weighted by atomic mass is 9.90. The van der Waals surface area contributed by atoms with Crippen molar-refractivity contribution >= 4 is 30.7 Å². The van der Waals surface area contributed by atoms with Gasteiger partial charge in [-0.2, -0.15) is 13.2 Å². The van der Waals surface area contributed by atoms with Crippen LogP contribution < -0.4 is 16.1 Å². The maximum atomic E-state index is 13.1. The van der Waals surface area contributed by atoms with Gasteiger partial charge in [0.2, 0.25) is 0 Å². The summed E-state index contributed by atoms with van der Waals surface area (Å²) in [4.78, 5) is 17.0. The highest BCUT2D eigenvalue weighted by molar-refractivity contribution is 6.33. The van der Waals surface area contributed by atoms with Gasteiger partial charge >= 0.3 is 6.18 Å². The van der Waals surface area contributed by atoms with Gasteiger partial charge in [0.15, 0.2) is 0 Å². The van der Waals surface area contributed by atoms with Crippen LogP contribution in [0.4, 0.5) is 24.7 Å². The zero-order chi connectivity index (χ0) is 22.6. The molecule has 3 rings (SSSR count). The summed E-state index contributed by atoms with van der Waals surface area (Å²) in [7, 11) is 5.45. The predicted molar refractivity (Wildman–Crippen MR) is 114 cm³/mol. The van der Waals surface area contributed by atoms with E-state index in [0.29, 0.717) is 37.1 Å². The normalized spacial score (nSPS) is 15.2. The van der Waals surface area contributed by atoms with E-state index in [-0.39, 0.29) is 23.0 Å². The Morgan fingerprint density at radius 3 is 2.61 bits per heavy atom. The van der Waals surface area contributed by atoms with E-state index < -0.39 is 11.7 Å². The van der Waals surface area contributed by atoms with Crippen LogP contribution in [0.1, 0.15) is 54.1 Å². The monoisotopic (exact) mass is 431 g/mol. The molecule has 0 aliphatic carbocycles. The number of benzene rings is 1. The van der Waals surface area contributed by atoms with Crippen molar-refractivity contribution in [3.63, 3.8) is 0 Å². The Morgan fingerprint density at radius 2 is 1.97 bits per heavy atom. The third kappa shape index (κ3) is 6.00. The molecule has 0 bridgehead atoms. The van der Waals surface area contributed by atoms with Crippen LogP contribution in [0.15, 0.2) is 30.5 Å². The second-order valence-electron chi connectivity index (χ2n) is 8.00. The van der Waals surface area contributed by atoms with Crippen molar-refractivity contribution in [2.24, 2.45) is 5.92 Å². The number of carbonyl (C=O) groups is 1. The van der Waals surface area contributed by atoms with Crippen LogP contribution >= 0.6 is 0 Å². The van der Waals surface area contributed by atoms with Crippen LogP contribution in [0, 0.1) is 5.92 Å². The van der Waals surface area contributed by atoms with Gasteiger partial charge in [0.05, 0.1) is 11.1 Å². The standard InChI is InChI=1S/C22H25BF3N3O2/c1-13(2)16-10-20(29-15-3-4-19(23)18(9-15)22(24,25)26)27-12-17(16)21(30)28-11-14-5-7-31-8-6-14/h3-4,9-10,12-14H,5-8,11H2,1-2H3,(H,27,29)(H,28,30). The molecule has 0 spiro atoms. The molecular weight excluding hydrogens is 406 g/mol. The Morgan fingerprint density at radius 1 is 1.26 bits per heavy atom. The van der Waals surface area contributed by atoms with Crippen LogP contribution in [0.3, 0.4) is 0 Å². The maximum absolute atomic E-state index is 13.1. The lowest BCUT2D eigenvalue weighted by molar-refractivity contribution is -0.136. The minimum atomic E-state index is -4.55. The van der Waals surface area contributed by atoms with Crippen molar-refractivity contribution < 1.29 is 22.7 Å². The molecule has 9 heteroatoms. The van der Waals surface area contributed by atoms with Crippen LogP contribution in [-0.4, -0.2) is 38.5 Å². The highest BCUT2D eigenvalue weighted by Gasteiger charge is 2.32. The van der Waals surface area contributed by atoms with Crippen LogP contribution in [0.25, 0.3) is 0 Å². The van der Waals surface area contributed by atoms with Crippen molar-refractivity contribution in [2.45, 2.75) is 38.8 Å². The second kappa shape index (κ2) is 9.72. The SMILES string of the molecule is [B]c1ccc(Nc2cc(C(C)C)c(C(=O)NCC3CCOCC3)cn2)cc1C(F)(F)F. The van der Waals surface area contributed by atoms with Crippen LogP contribution in [0.5, 0.6) is 0 Å². The first-order valence-corrected chi connectivity index (χ1v) is 10.2. The largest absolute Gasteiger partial charge is 0.415 e. The number of nitrogens with zero attached hydrogens (tertiary/aromatic N) is 1. The number of pyridine rings is 1. The molecule has 164 valence electrons.